The fraction of sp³-hybridized carbons (Fsp3) is 0.316. The molecule has 0 fully saturated rings. The van der Waals surface area contributed by atoms with E-state index in [1.807, 2.05) is 36.4 Å². The van der Waals surface area contributed by atoms with Crippen LogP contribution in [0.4, 0.5) is 4.79 Å². The van der Waals surface area contributed by atoms with Crippen LogP contribution in [0.1, 0.15) is 20.8 Å². The highest BCUT2D eigenvalue weighted by Crippen LogP contribution is 2.24. The van der Waals surface area contributed by atoms with Crippen LogP contribution in [-0.2, 0) is 14.5 Å². The molecule has 2 rings (SSSR count). The molecule has 0 radical (unpaired) electrons. The summed E-state index contributed by atoms with van der Waals surface area (Å²) in [5.41, 5.74) is 1.31. The number of carbonyl (C=O) groups excluding carboxylic acids is 1. The van der Waals surface area contributed by atoms with Crippen LogP contribution in [0.2, 0.25) is 0 Å². The van der Waals surface area contributed by atoms with Gasteiger partial charge in [0.05, 0.1) is 16.8 Å². The Labute approximate surface area is 149 Å². The van der Waals surface area contributed by atoms with Crippen LogP contribution in [0.15, 0.2) is 57.8 Å². The third-order valence-electron chi connectivity index (χ3n) is 3.36. The average Bonchev–Trinajstić information content (AvgIpc) is 2.53. The number of ether oxygens (including phenoxy) is 2. The van der Waals surface area contributed by atoms with Crippen LogP contribution < -0.4 is 4.74 Å². The molecule has 1 unspecified atom stereocenters. The van der Waals surface area contributed by atoms with Gasteiger partial charge in [0.1, 0.15) is 11.4 Å². The molecule has 1 atom stereocenters. The largest absolute Gasteiger partial charge is 0.497 e. The molecular weight excluding hydrogens is 338 g/mol. The molecule has 1 amide bonds. The number of methoxy groups -OCH3 is 1. The molecule has 0 aliphatic carbocycles. The molecular formula is C19H23NO4S. The van der Waals surface area contributed by atoms with Gasteiger partial charge in [-0.2, -0.15) is 0 Å². The third-order valence-corrected chi connectivity index (χ3v) is 5.00. The van der Waals surface area contributed by atoms with E-state index in [2.05, 4.69) is 4.36 Å². The van der Waals surface area contributed by atoms with Gasteiger partial charge in [-0.3, -0.25) is 0 Å². The minimum Gasteiger partial charge on any atom is -0.497 e. The number of rotatable bonds is 3. The Balaban J connectivity index is 2.25. The number of amides is 1. The van der Waals surface area contributed by atoms with Crippen molar-refractivity contribution in [1.29, 1.82) is 0 Å². The summed E-state index contributed by atoms with van der Waals surface area (Å²) in [5.74, 6) is 0.785. The smallest absolute Gasteiger partial charge is 0.442 e. The SMILES string of the molecule is COc1ccc(-c2ccc(S(C)(=O)=NC(=O)OC(C)(C)C)cc2)cc1. The van der Waals surface area contributed by atoms with Crippen LogP contribution in [-0.4, -0.2) is 29.3 Å². The maximum absolute atomic E-state index is 12.7. The van der Waals surface area contributed by atoms with E-state index >= 15 is 0 Å². The van der Waals surface area contributed by atoms with Crippen molar-refractivity contribution in [3.63, 3.8) is 0 Å². The highest BCUT2D eigenvalue weighted by Gasteiger charge is 2.18. The molecule has 0 heterocycles. The molecule has 2 aromatic rings. The molecule has 0 saturated heterocycles. The average molecular weight is 361 g/mol. The summed E-state index contributed by atoms with van der Waals surface area (Å²) in [6.07, 6.45) is 0.610. The topological polar surface area (TPSA) is 65.0 Å². The molecule has 0 bridgehead atoms. The molecule has 134 valence electrons. The van der Waals surface area contributed by atoms with E-state index in [1.54, 1.807) is 40.0 Å². The lowest BCUT2D eigenvalue weighted by Crippen LogP contribution is -2.22. The van der Waals surface area contributed by atoms with Gasteiger partial charge in [0.2, 0.25) is 0 Å². The standard InChI is InChI=1S/C19H23NO4S/c1-19(2,3)24-18(21)20-25(5,22)17-12-8-15(9-13-17)14-6-10-16(23-4)11-7-14/h6-13H,1-5H3. The Morgan fingerprint density at radius 1 is 0.960 bits per heavy atom. The molecule has 0 spiro atoms. The number of nitrogens with zero attached hydrogens (tertiary/aromatic N) is 1. The third kappa shape index (κ3) is 5.32. The molecule has 0 aliphatic heterocycles. The summed E-state index contributed by atoms with van der Waals surface area (Å²) in [6.45, 7) is 5.21. The van der Waals surface area contributed by atoms with E-state index in [-0.39, 0.29) is 0 Å². The van der Waals surface area contributed by atoms with Crippen molar-refractivity contribution in [1.82, 2.24) is 0 Å². The lowest BCUT2D eigenvalue weighted by molar-refractivity contribution is 0.0607. The molecule has 25 heavy (non-hydrogen) atoms. The normalized spacial score (nSPS) is 13.6. The second kappa shape index (κ2) is 7.27. The molecule has 0 N–H and O–H groups in total. The summed E-state index contributed by atoms with van der Waals surface area (Å²) >= 11 is 0. The lowest BCUT2D eigenvalue weighted by Gasteiger charge is -2.17. The molecule has 0 aromatic heterocycles. The van der Waals surface area contributed by atoms with Gasteiger partial charge < -0.3 is 9.47 Å². The van der Waals surface area contributed by atoms with Crippen molar-refractivity contribution in [3.05, 3.63) is 48.5 Å². The monoisotopic (exact) mass is 361 g/mol. The Kier molecular flexibility index (Phi) is 5.52. The minimum absolute atomic E-state index is 0.482. The highest BCUT2D eigenvalue weighted by atomic mass is 32.2. The molecule has 2 aromatic carbocycles. The van der Waals surface area contributed by atoms with Gasteiger partial charge in [-0.05, 0) is 56.2 Å². The zero-order valence-corrected chi connectivity index (χ0v) is 15.9. The summed E-state index contributed by atoms with van der Waals surface area (Å²) in [4.78, 5) is 12.3. The van der Waals surface area contributed by atoms with Gasteiger partial charge in [-0.1, -0.05) is 24.3 Å². The van der Waals surface area contributed by atoms with Crippen molar-refractivity contribution in [2.24, 2.45) is 4.36 Å². The van der Waals surface area contributed by atoms with Gasteiger partial charge in [-0.25, -0.2) is 9.00 Å². The van der Waals surface area contributed by atoms with Gasteiger partial charge in [0.15, 0.2) is 0 Å². The van der Waals surface area contributed by atoms with Gasteiger partial charge >= 0.3 is 6.09 Å². The second-order valence-corrected chi connectivity index (χ2v) is 8.89. The molecule has 6 heteroatoms. The van der Waals surface area contributed by atoms with Crippen LogP contribution in [0.5, 0.6) is 5.75 Å². The molecule has 0 aliphatic rings. The first-order valence-electron chi connectivity index (χ1n) is 7.80. The number of carbonyl (C=O) groups is 1. The van der Waals surface area contributed by atoms with Crippen molar-refractivity contribution in [2.45, 2.75) is 31.3 Å². The van der Waals surface area contributed by atoms with E-state index in [0.29, 0.717) is 4.90 Å². The Hall–Kier alpha value is -2.34. The fourth-order valence-corrected chi connectivity index (χ4v) is 3.23. The maximum Gasteiger partial charge on any atom is 0.442 e. The molecule has 5 nitrogen and oxygen atoms in total. The first-order valence-corrected chi connectivity index (χ1v) is 9.73. The zero-order valence-electron chi connectivity index (χ0n) is 15.1. The first kappa shape index (κ1) is 19.0. The number of hydrogen-bond acceptors (Lipinski definition) is 4. The van der Waals surface area contributed by atoms with Crippen molar-refractivity contribution in [3.8, 4) is 16.9 Å². The molecule has 0 saturated carbocycles. The maximum atomic E-state index is 12.7. The fourth-order valence-electron chi connectivity index (χ4n) is 2.16. The van der Waals surface area contributed by atoms with E-state index in [9.17, 15) is 9.00 Å². The summed E-state index contributed by atoms with van der Waals surface area (Å²) < 4.78 is 26.7. The Bertz CT molecular complexity index is 856. The van der Waals surface area contributed by atoms with Crippen LogP contribution in [0.3, 0.4) is 0 Å². The Morgan fingerprint density at radius 3 is 1.88 bits per heavy atom. The summed E-state index contributed by atoms with van der Waals surface area (Å²) in [6, 6.07) is 14.8. The van der Waals surface area contributed by atoms with E-state index in [0.717, 1.165) is 16.9 Å². The zero-order chi connectivity index (χ0) is 18.7. The predicted molar refractivity (Wildman–Crippen MR) is 99.4 cm³/mol. The van der Waals surface area contributed by atoms with E-state index in [4.69, 9.17) is 9.47 Å². The summed E-state index contributed by atoms with van der Waals surface area (Å²) in [5, 5.41) is 0. The van der Waals surface area contributed by atoms with Crippen LogP contribution in [0, 0.1) is 0 Å². The van der Waals surface area contributed by atoms with E-state index in [1.165, 1.54) is 6.26 Å². The van der Waals surface area contributed by atoms with Gasteiger partial charge in [0, 0.05) is 11.2 Å². The van der Waals surface area contributed by atoms with Gasteiger partial charge in [-0.15, -0.1) is 4.36 Å². The van der Waals surface area contributed by atoms with Crippen molar-refractivity contribution >= 4 is 15.8 Å². The minimum atomic E-state index is -2.86. The highest BCUT2D eigenvalue weighted by molar-refractivity contribution is 7.93. The second-order valence-electron chi connectivity index (χ2n) is 6.63. The van der Waals surface area contributed by atoms with Crippen LogP contribution >= 0.6 is 0 Å². The van der Waals surface area contributed by atoms with Gasteiger partial charge in [0.25, 0.3) is 0 Å². The summed E-state index contributed by atoms with van der Waals surface area (Å²) in [7, 11) is -1.24. The van der Waals surface area contributed by atoms with Crippen LogP contribution in [0.25, 0.3) is 11.1 Å². The Morgan fingerprint density at radius 2 is 1.44 bits per heavy atom. The quantitative estimate of drug-likeness (QED) is 0.791. The predicted octanol–water partition coefficient (Wildman–Crippen LogP) is 4.75. The van der Waals surface area contributed by atoms with Crippen molar-refractivity contribution < 1.29 is 18.5 Å². The lowest BCUT2D eigenvalue weighted by atomic mass is 10.1. The van der Waals surface area contributed by atoms with Crippen molar-refractivity contribution in [2.75, 3.05) is 13.4 Å². The number of benzene rings is 2. The number of hydrogen-bond donors (Lipinski definition) is 0. The first-order chi connectivity index (χ1) is 11.6. The van der Waals surface area contributed by atoms with E-state index < -0.39 is 21.4 Å².